The maximum absolute atomic E-state index is 12.7. The first kappa shape index (κ1) is 16.6. The van der Waals surface area contributed by atoms with E-state index in [-0.39, 0.29) is 11.2 Å². The Morgan fingerprint density at radius 1 is 1.27 bits per heavy atom. The lowest BCUT2D eigenvalue weighted by atomic mass is 10.1. The summed E-state index contributed by atoms with van der Waals surface area (Å²) in [5.41, 5.74) is 1.43. The first-order chi connectivity index (χ1) is 12.5. The summed E-state index contributed by atoms with van der Waals surface area (Å²) in [7, 11) is 4.20. The van der Waals surface area contributed by atoms with Gasteiger partial charge in [-0.3, -0.25) is 4.79 Å². The molecule has 0 aliphatic carbocycles. The first-order valence-electron chi connectivity index (χ1n) is 8.65. The molecule has 0 radical (unpaired) electrons. The maximum atomic E-state index is 12.7. The zero-order chi connectivity index (χ0) is 18.3. The summed E-state index contributed by atoms with van der Waals surface area (Å²) < 4.78 is 5.53. The molecule has 0 saturated carbocycles. The van der Waals surface area contributed by atoms with Crippen LogP contribution in [0.2, 0.25) is 0 Å². The second-order valence-electron chi connectivity index (χ2n) is 6.92. The quantitative estimate of drug-likeness (QED) is 0.782. The average Bonchev–Trinajstić information content (AvgIpc) is 3.13. The summed E-state index contributed by atoms with van der Waals surface area (Å²) in [4.78, 5) is 21.8. The number of benzene rings is 1. The van der Waals surface area contributed by atoms with Gasteiger partial charge in [0, 0.05) is 37.0 Å². The minimum absolute atomic E-state index is 0.0704. The summed E-state index contributed by atoms with van der Waals surface area (Å²) in [5.74, 6) is 0.995. The van der Waals surface area contributed by atoms with Crippen LogP contribution in [0.5, 0.6) is 5.75 Å². The van der Waals surface area contributed by atoms with Gasteiger partial charge in [-0.2, -0.15) is 0 Å². The molecule has 1 unspecified atom stereocenters. The lowest BCUT2D eigenvalue weighted by molar-refractivity contribution is 0.315. The predicted molar refractivity (Wildman–Crippen MR) is 102 cm³/mol. The van der Waals surface area contributed by atoms with E-state index in [1.807, 2.05) is 12.1 Å². The van der Waals surface area contributed by atoms with Gasteiger partial charge in [-0.1, -0.05) is 0 Å². The van der Waals surface area contributed by atoms with Crippen molar-refractivity contribution in [1.29, 1.82) is 0 Å². The molecule has 1 fully saturated rings. The first-order valence-corrected chi connectivity index (χ1v) is 8.65. The Bertz CT molecular complexity index is 995. The molecule has 6 nitrogen and oxygen atoms in total. The maximum Gasteiger partial charge on any atom is 0.200 e. The third-order valence-electron chi connectivity index (χ3n) is 5.03. The Balaban J connectivity index is 1.63. The Labute approximate surface area is 151 Å². The van der Waals surface area contributed by atoms with E-state index in [2.05, 4.69) is 28.9 Å². The molecule has 26 heavy (non-hydrogen) atoms. The lowest BCUT2D eigenvalue weighted by Gasteiger charge is -2.21. The van der Waals surface area contributed by atoms with Crippen LogP contribution in [-0.2, 0) is 0 Å². The number of hydrogen-bond acceptors (Lipinski definition) is 6. The van der Waals surface area contributed by atoms with Crippen LogP contribution in [0.1, 0.15) is 6.42 Å². The molecule has 1 aliphatic rings. The van der Waals surface area contributed by atoms with Crippen molar-refractivity contribution in [2.45, 2.75) is 12.5 Å². The normalized spacial score (nSPS) is 17.3. The molecule has 1 aromatic carbocycles. The molecule has 0 spiro atoms. The fourth-order valence-corrected chi connectivity index (χ4v) is 3.42. The number of pyridine rings is 1. The summed E-state index contributed by atoms with van der Waals surface area (Å²) >= 11 is 0. The molecule has 3 aromatic rings. The molecule has 0 amide bonds. The van der Waals surface area contributed by atoms with Crippen LogP contribution in [0.3, 0.4) is 0 Å². The van der Waals surface area contributed by atoms with Crippen molar-refractivity contribution in [3.05, 3.63) is 53.0 Å². The minimum Gasteiger partial charge on any atom is -0.508 e. The second kappa shape index (κ2) is 6.46. The molecule has 134 valence electrons. The smallest absolute Gasteiger partial charge is 0.200 e. The zero-order valence-corrected chi connectivity index (χ0v) is 14.8. The Morgan fingerprint density at radius 2 is 2.12 bits per heavy atom. The number of phenolic OH excluding ortho intramolecular Hbond substituents is 1. The van der Waals surface area contributed by atoms with Crippen LogP contribution >= 0.6 is 0 Å². The van der Waals surface area contributed by atoms with Crippen molar-refractivity contribution in [3.63, 3.8) is 0 Å². The number of anilines is 1. The average molecular weight is 351 g/mol. The number of nitrogens with zero attached hydrogens (tertiary/aromatic N) is 3. The van der Waals surface area contributed by atoms with Gasteiger partial charge in [-0.25, -0.2) is 4.98 Å². The van der Waals surface area contributed by atoms with Crippen molar-refractivity contribution in [3.8, 4) is 16.9 Å². The summed E-state index contributed by atoms with van der Waals surface area (Å²) in [5, 5.41) is 9.96. The largest absolute Gasteiger partial charge is 0.508 e. The van der Waals surface area contributed by atoms with Crippen molar-refractivity contribution in [2.75, 3.05) is 32.1 Å². The lowest BCUT2D eigenvalue weighted by Crippen LogP contribution is -2.31. The number of rotatable bonds is 3. The van der Waals surface area contributed by atoms with Crippen LogP contribution in [0.4, 0.5) is 5.82 Å². The summed E-state index contributed by atoms with van der Waals surface area (Å²) in [6, 6.07) is 8.90. The number of aromatic hydroxyl groups is 1. The second-order valence-corrected chi connectivity index (χ2v) is 6.92. The van der Waals surface area contributed by atoms with Gasteiger partial charge in [-0.05, 0) is 44.8 Å². The topological polar surface area (TPSA) is 69.8 Å². The van der Waals surface area contributed by atoms with Gasteiger partial charge in [-0.15, -0.1) is 0 Å². The number of phenols is 1. The monoisotopic (exact) mass is 351 g/mol. The number of hydrogen-bond donors (Lipinski definition) is 1. The Morgan fingerprint density at radius 3 is 2.81 bits per heavy atom. The fourth-order valence-electron chi connectivity index (χ4n) is 3.42. The highest BCUT2D eigenvalue weighted by atomic mass is 16.3. The molecule has 0 bridgehead atoms. The molecule has 1 N–H and O–H groups in total. The molecule has 1 saturated heterocycles. The highest BCUT2D eigenvalue weighted by Gasteiger charge is 2.24. The van der Waals surface area contributed by atoms with E-state index in [0.717, 1.165) is 30.9 Å². The van der Waals surface area contributed by atoms with Gasteiger partial charge in [0.1, 0.15) is 23.4 Å². The van der Waals surface area contributed by atoms with Gasteiger partial charge < -0.3 is 19.3 Å². The fraction of sp³-hybridized carbons (Fsp3) is 0.300. The van der Waals surface area contributed by atoms with E-state index >= 15 is 0 Å². The SMILES string of the molecule is CN(C)C1CCN(c2ccc(-c3coc4cc(O)ccc4c3=O)cn2)C1. The van der Waals surface area contributed by atoms with Gasteiger partial charge in [0.2, 0.25) is 5.43 Å². The Hall–Kier alpha value is -2.86. The van der Waals surface area contributed by atoms with Gasteiger partial charge in [0.05, 0.1) is 10.9 Å². The van der Waals surface area contributed by atoms with E-state index in [1.165, 1.54) is 18.4 Å². The van der Waals surface area contributed by atoms with Crippen LogP contribution < -0.4 is 10.3 Å². The van der Waals surface area contributed by atoms with E-state index in [9.17, 15) is 9.90 Å². The van der Waals surface area contributed by atoms with Gasteiger partial charge >= 0.3 is 0 Å². The van der Waals surface area contributed by atoms with Crippen LogP contribution in [-0.4, -0.2) is 48.2 Å². The third-order valence-corrected chi connectivity index (χ3v) is 5.03. The standard InChI is InChI=1S/C20H21N3O3/c1-22(2)14-7-8-23(11-14)19-6-3-13(10-21-19)17-12-26-18-9-15(24)4-5-16(18)20(17)25/h3-6,9-10,12,14,24H,7-8,11H2,1-2H3. The molecule has 6 heteroatoms. The minimum atomic E-state index is -0.130. The predicted octanol–water partition coefficient (Wildman–Crippen LogP) is 2.70. The van der Waals surface area contributed by atoms with E-state index < -0.39 is 0 Å². The van der Waals surface area contributed by atoms with Crippen LogP contribution in [0, 0.1) is 0 Å². The van der Waals surface area contributed by atoms with Crippen LogP contribution in [0.25, 0.3) is 22.1 Å². The molecular formula is C20H21N3O3. The molecule has 3 heterocycles. The molecular weight excluding hydrogens is 330 g/mol. The van der Waals surface area contributed by atoms with Gasteiger partial charge in [0.15, 0.2) is 0 Å². The van der Waals surface area contributed by atoms with Crippen LogP contribution in [0.15, 0.2) is 52.0 Å². The molecule has 1 atom stereocenters. The third kappa shape index (κ3) is 2.93. The Kier molecular flexibility index (Phi) is 4.12. The highest BCUT2D eigenvalue weighted by Crippen LogP contribution is 2.25. The number of aromatic nitrogens is 1. The molecule has 4 rings (SSSR count). The number of likely N-dealkylation sites (N-methyl/N-ethyl adjacent to an activating group) is 1. The number of fused-ring (bicyclic) bond motifs is 1. The van der Waals surface area contributed by atoms with Crippen molar-refractivity contribution < 1.29 is 9.52 Å². The van der Waals surface area contributed by atoms with E-state index in [4.69, 9.17) is 4.42 Å². The van der Waals surface area contributed by atoms with Crippen molar-refractivity contribution >= 4 is 16.8 Å². The molecule has 2 aromatic heterocycles. The van der Waals surface area contributed by atoms with Crippen molar-refractivity contribution in [2.24, 2.45) is 0 Å². The summed E-state index contributed by atoms with van der Waals surface area (Å²) in [6.07, 6.45) is 4.27. The highest BCUT2D eigenvalue weighted by molar-refractivity contribution is 5.82. The summed E-state index contributed by atoms with van der Waals surface area (Å²) in [6.45, 7) is 1.94. The van der Waals surface area contributed by atoms with E-state index in [1.54, 1.807) is 12.3 Å². The van der Waals surface area contributed by atoms with Crippen molar-refractivity contribution in [1.82, 2.24) is 9.88 Å². The van der Waals surface area contributed by atoms with Gasteiger partial charge in [0.25, 0.3) is 0 Å². The molecule has 1 aliphatic heterocycles. The zero-order valence-electron chi connectivity index (χ0n) is 14.8. The van der Waals surface area contributed by atoms with E-state index in [0.29, 0.717) is 22.6 Å².